The van der Waals surface area contributed by atoms with Crippen molar-refractivity contribution in [1.82, 2.24) is 9.55 Å². The fourth-order valence-corrected chi connectivity index (χ4v) is 4.48. The summed E-state index contributed by atoms with van der Waals surface area (Å²) in [4.78, 5) is 16.6. The molecule has 0 aliphatic carbocycles. The van der Waals surface area contributed by atoms with Crippen LogP contribution in [0.3, 0.4) is 0 Å². The Hall–Kier alpha value is -3.46. The molecule has 5 nitrogen and oxygen atoms in total. The van der Waals surface area contributed by atoms with E-state index in [1.807, 2.05) is 43.3 Å². The Morgan fingerprint density at radius 2 is 1.76 bits per heavy atom. The highest BCUT2D eigenvalue weighted by Gasteiger charge is 2.37. The van der Waals surface area contributed by atoms with Gasteiger partial charge >= 0.3 is 12.3 Å². The maximum absolute atomic E-state index is 13.6. The Labute approximate surface area is 199 Å². The first-order valence-corrected chi connectivity index (χ1v) is 11.5. The number of rotatable bonds is 7. The molecule has 4 aromatic rings. The fourth-order valence-electron chi connectivity index (χ4n) is 3.57. The van der Waals surface area contributed by atoms with Crippen LogP contribution in [0.1, 0.15) is 17.0 Å². The number of alkyl halides is 3. The van der Waals surface area contributed by atoms with Crippen LogP contribution >= 0.6 is 11.8 Å². The lowest BCUT2D eigenvalue weighted by Gasteiger charge is -2.15. The van der Waals surface area contributed by atoms with Gasteiger partial charge in [0.25, 0.3) is 0 Å². The maximum atomic E-state index is 13.6. The van der Waals surface area contributed by atoms with Gasteiger partial charge in [0, 0.05) is 22.9 Å². The maximum Gasteiger partial charge on any atom is 0.449 e. The molecule has 0 spiro atoms. The number of imidazole rings is 1. The molecule has 34 heavy (non-hydrogen) atoms. The number of nitrogens with one attached hydrogen (secondary N) is 1. The zero-order valence-corrected chi connectivity index (χ0v) is 19.1. The van der Waals surface area contributed by atoms with Crippen molar-refractivity contribution >= 4 is 34.6 Å². The largest absolute Gasteiger partial charge is 0.449 e. The first-order valence-electron chi connectivity index (χ1n) is 10.6. The van der Waals surface area contributed by atoms with Crippen LogP contribution in [0.4, 0.5) is 23.7 Å². The molecule has 1 N–H and O–H groups in total. The number of amides is 1. The smallest absolute Gasteiger partial charge is 0.448 e. The third kappa shape index (κ3) is 5.53. The quantitative estimate of drug-likeness (QED) is 0.232. The predicted molar refractivity (Wildman–Crippen MR) is 127 cm³/mol. The van der Waals surface area contributed by atoms with Crippen molar-refractivity contribution in [3.63, 3.8) is 0 Å². The number of carbonyl (C=O) groups excluding carboxylic acids is 1. The summed E-state index contributed by atoms with van der Waals surface area (Å²) in [5, 5.41) is 2.65. The molecule has 0 atom stereocenters. The summed E-state index contributed by atoms with van der Waals surface area (Å²) in [5.74, 6) is -0.405. The van der Waals surface area contributed by atoms with E-state index in [0.717, 1.165) is 16.0 Å². The lowest BCUT2D eigenvalue weighted by Crippen LogP contribution is -2.16. The van der Waals surface area contributed by atoms with E-state index in [4.69, 9.17) is 4.74 Å². The number of nitrogens with zero attached hydrogens (tertiary/aromatic N) is 2. The van der Waals surface area contributed by atoms with E-state index >= 15 is 0 Å². The van der Waals surface area contributed by atoms with Gasteiger partial charge in [-0.25, -0.2) is 9.78 Å². The zero-order chi connectivity index (χ0) is 24.1. The number of carbonyl (C=O) groups is 1. The van der Waals surface area contributed by atoms with E-state index in [0.29, 0.717) is 22.5 Å². The van der Waals surface area contributed by atoms with Gasteiger partial charge in [-0.2, -0.15) is 13.2 Å². The van der Waals surface area contributed by atoms with Crippen molar-refractivity contribution in [1.29, 1.82) is 0 Å². The van der Waals surface area contributed by atoms with Gasteiger partial charge in [-0.05, 0) is 48.4 Å². The van der Waals surface area contributed by atoms with Gasteiger partial charge in [0.1, 0.15) is 6.61 Å². The van der Waals surface area contributed by atoms with Crippen molar-refractivity contribution < 1.29 is 22.7 Å². The summed E-state index contributed by atoms with van der Waals surface area (Å²) in [6.07, 6.45) is -5.10. The third-order valence-electron chi connectivity index (χ3n) is 5.23. The molecular weight excluding hydrogens is 463 g/mol. The summed E-state index contributed by atoms with van der Waals surface area (Å²) in [6.45, 7) is 2.12. The minimum absolute atomic E-state index is 0.0472. The Balaban J connectivity index is 1.42. The Bertz CT molecular complexity index is 1290. The average Bonchev–Trinajstić information content (AvgIpc) is 3.19. The van der Waals surface area contributed by atoms with Crippen LogP contribution < -0.4 is 5.32 Å². The SMILES string of the molecule is Cc1c(Cn2c(C(F)(F)F)nc3ccccc32)cccc1SCCOC(=O)Nc1ccccc1. The molecule has 4 rings (SSSR count). The summed E-state index contributed by atoms with van der Waals surface area (Å²) in [5.41, 5.74) is 3.04. The van der Waals surface area contributed by atoms with E-state index in [2.05, 4.69) is 10.3 Å². The summed E-state index contributed by atoms with van der Waals surface area (Å²) >= 11 is 1.48. The third-order valence-corrected chi connectivity index (χ3v) is 6.35. The molecular formula is C25H22F3N3O2S. The van der Waals surface area contributed by atoms with Crippen molar-refractivity contribution in [3.05, 3.63) is 89.7 Å². The molecule has 0 saturated carbocycles. The van der Waals surface area contributed by atoms with Gasteiger partial charge in [0.15, 0.2) is 0 Å². The van der Waals surface area contributed by atoms with Crippen LogP contribution in [0.2, 0.25) is 0 Å². The minimum atomic E-state index is -4.56. The topological polar surface area (TPSA) is 56.2 Å². The van der Waals surface area contributed by atoms with E-state index in [1.165, 1.54) is 16.3 Å². The lowest BCUT2D eigenvalue weighted by molar-refractivity contribution is -0.146. The number of anilines is 1. The number of halogens is 3. The van der Waals surface area contributed by atoms with Crippen molar-refractivity contribution in [2.24, 2.45) is 0 Å². The number of para-hydroxylation sites is 3. The highest BCUT2D eigenvalue weighted by Crippen LogP contribution is 2.33. The number of ether oxygens (including phenoxy) is 1. The number of benzene rings is 3. The molecule has 0 saturated heterocycles. The molecule has 0 aliphatic rings. The average molecular weight is 486 g/mol. The molecule has 176 valence electrons. The highest BCUT2D eigenvalue weighted by molar-refractivity contribution is 7.99. The summed E-state index contributed by atoms with van der Waals surface area (Å²) in [6, 6.07) is 21.1. The fraction of sp³-hybridized carbons (Fsp3) is 0.200. The van der Waals surface area contributed by atoms with E-state index in [1.54, 1.807) is 36.4 Å². The van der Waals surface area contributed by atoms with Gasteiger partial charge in [-0.3, -0.25) is 5.32 Å². The molecule has 0 aliphatic heterocycles. The van der Waals surface area contributed by atoms with Crippen LogP contribution in [-0.4, -0.2) is 28.0 Å². The molecule has 0 radical (unpaired) electrons. The molecule has 1 heterocycles. The van der Waals surface area contributed by atoms with Gasteiger partial charge in [-0.15, -0.1) is 11.8 Å². The second kappa shape index (κ2) is 10.2. The summed E-state index contributed by atoms with van der Waals surface area (Å²) < 4.78 is 47.4. The Kier molecular flexibility index (Phi) is 7.12. The second-order valence-electron chi connectivity index (χ2n) is 7.52. The molecule has 9 heteroatoms. The van der Waals surface area contributed by atoms with Gasteiger partial charge in [0.2, 0.25) is 5.82 Å². The van der Waals surface area contributed by atoms with Crippen molar-refractivity contribution in [2.45, 2.75) is 24.5 Å². The molecule has 0 unspecified atom stereocenters. The van der Waals surface area contributed by atoms with Crippen molar-refractivity contribution in [3.8, 4) is 0 Å². The van der Waals surface area contributed by atoms with Crippen LogP contribution in [0.15, 0.2) is 77.7 Å². The van der Waals surface area contributed by atoms with Crippen LogP contribution in [-0.2, 0) is 17.5 Å². The van der Waals surface area contributed by atoms with Crippen molar-refractivity contribution in [2.75, 3.05) is 17.7 Å². The highest BCUT2D eigenvalue weighted by atomic mass is 32.2. The van der Waals surface area contributed by atoms with Gasteiger partial charge < -0.3 is 9.30 Å². The lowest BCUT2D eigenvalue weighted by atomic mass is 10.1. The number of fused-ring (bicyclic) bond motifs is 1. The van der Waals surface area contributed by atoms with Crippen LogP contribution in [0.5, 0.6) is 0 Å². The number of thioether (sulfide) groups is 1. The minimum Gasteiger partial charge on any atom is -0.448 e. The molecule has 0 fully saturated rings. The van der Waals surface area contributed by atoms with Crippen LogP contribution in [0, 0.1) is 6.92 Å². The number of hydrogen-bond acceptors (Lipinski definition) is 4. The molecule has 1 amide bonds. The Morgan fingerprint density at radius 1 is 1.03 bits per heavy atom. The number of hydrogen-bond donors (Lipinski definition) is 1. The normalized spacial score (nSPS) is 11.5. The second-order valence-corrected chi connectivity index (χ2v) is 8.66. The van der Waals surface area contributed by atoms with Gasteiger partial charge in [0.05, 0.1) is 11.0 Å². The monoisotopic (exact) mass is 485 g/mol. The molecule has 1 aromatic heterocycles. The van der Waals surface area contributed by atoms with Crippen LogP contribution in [0.25, 0.3) is 11.0 Å². The standard InChI is InChI=1S/C25H22F3N3O2S/c1-17-18(16-31-21-12-6-5-11-20(21)30-23(31)25(26,27)28)8-7-13-22(17)34-15-14-33-24(32)29-19-9-3-2-4-10-19/h2-13H,14-16H2,1H3,(H,29,32). The molecule has 3 aromatic carbocycles. The van der Waals surface area contributed by atoms with E-state index in [9.17, 15) is 18.0 Å². The van der Waals surface area contributed by atoms with E-state index in [-0.39, 0.29) is 13.2 Å². The first-order chi connectivity index (χ1) is 16.3. The first kappa shape index (κ1) is 23.7. The van der Waals surface area contributed by atoms with E-state index < -0.39 is 18.1 Å². The predicted octanol–water partition coefficient (Wildman–Crippen LogP) is 6.75. The zero-order valence-electron chi connectivity index (χ0n) is 18.3. The Morgan fingerprint density at radius 3 is 2.53 bits per heavy atom. The van der Waals surface area contributed by atoms with Gasteiger partial charge in [-0.1, -0.05) is 42.5 Å². The molecule has 0 bridgehead atoms. The number of aromatic nitrogens is 2. The summed E-state index contributed by atoms with van der Waals surface area (Å²) in [7, 11) is 0.